The van der Waals surface area contributed by atoms with Crippen molar-refractivity contribution in [3.63, 3.8) is 0 Å². The molecule has 0 atom stereocenters. The molecule has 0 saturated carbocycles. The summed E-state index contributed by atoms with van der Waals surface area (Å²) in [6.45, 7) is 2.26. The molecular weight excluding hydrogens is 244 g/mol. The predicted octanol–water partition coefficient (Wildman–Crippen LogP) is 1.91. The van der Waals surface area contributed by atoms with Crippen LogP contribution in [0, 0.1) is 0 Å². The molecule has 6 heteroatoms. The summed E-state index contributed by atoms with van der Waals surface area (Å²) in [4.78, 5) is 13.5. The second-order valence-electron chi connectivity index (χ2n) is 3.70. The largest absolute Gasteiger partial charge is 0.506 e. The smallest absolute Gasteiger partial charge is 0.322 e. The molecule has 0 bridgehead atoms. The molecule has 2 N–H and O–H groups in total. The van der Waals surface area contributed by atoms with Gasteiger partial charge in [0, 0.05) is 24.8 Å². The molecule has 2 rings (SSSR count). The van der Waals surface area contributed by atoms with Gasteiger partial charge in [0.05, 0.1) is 18.2 Å². The molecule has 1 aromatic rings. The summed E-state index contributed by atoms with van der Waals surface area (Å²) in [6.07, 6.45) is 0. The van der Waals surface area contributed by atoms with Crippen molar-refractivity contribution in [1.82, 2.24) is 4.90 Å². The number of anilines is 1. The number of halogens is 1. The van der Waals surface area contributed by atoms with Gasteiger partial charge in [0.1, 0.15) is 5.75 Å². The SMILES string of the molecule is O=C(Nc1ccc(Cl)c(O)c1)N1CCOCC1. The van der Waals surface area contributed by atoms with Crippen LogP contribution in [0.2, 0.25) is 5.02 Å². The molecular formula is C11H13ClN2O3. The molecule has 1 aliphatic rings. The van der Waals surface area contributed by atoms with Crippen LogP contribution >= 0.6 is 11.6 Å². The molecule has 2 amide bonds. The Balaban J connectivity index is 1.99. The Bertz CT molecular complexity index is 419. The number of amides is 2. The maximum atomic E-state index is 11.8. The summed E-state index contributed by atoms with van der Waals surface area (Å²) in [5.74, 6) is -0.0496. The van der Waals surface area contributed by atoms with Crippen molar-refractivity contribution in [2.45, 2.75) is 0 Å². The fourth-order valence-corrected chi connectivity index (χ4v) is 1.68. The van der Waals surface area contributed by atoms with Crippen LogP contribution in [-0.4, -0.2) is 42.3 Å². The summed E-state index contributed by atoms with van der Waals surface area (Å²) in [5.41, 5.74) is 0.517. The Labute approximate surface area is 104 Å². The van der Waals surface area contributed by atoms with E-state index < -0.39 is 0 Å². The zero-order valence-electron chi connectivity index (χ0n) is 9.15. The number of urea groups is 1. The second kappa shape index (κ2) is 5.25. The Morgan fingerprint density at radius 2 is 2.12 bits per heavy atom. The van der Waals surface area contributed by atoms with E-state index in [0.29, 0.717) is 32.0 Å². The quantitative estimate of drug-likeness (QED) is 0.807. The first-order valence-electron chi connectivity index (χ1n) is 5.29. The van der Waals surface area contributed by atoms with E-state index in [0.717, 1.165) is 0 Å². The highest BCUT2D eigenvalue weighted by molar-refractivity contribution is 6.32. The van der Waals surface area contributed by atoms with E-state index in [1.807, 2.05) is 0 Å². The highest BCUT2D eigenvalue weighted by atomic mass is 35.5. The minimum Gasteiger partial charge on any atom is -0.506 e. The Hall–Kier alpha value is -1.46. The molecule has 0 aromatic heterocycles. The van der Waals surface area contributed by atoms with E-state index in [4.69, 9.17) is 16.3 Å². The van der Waals surface area contributed by atoms with Gasteiger partial charge in [0.25, 0.3) is 0 Å². The molecule has 1 fully saturated rings. The number of rotatable bonds is 1. The first kappa shape index (κ1) is 12.0. The van der Waals surface area contributed by atoms with Crippen molar-refractivity contribution in [2.24, 2.45) is 0 Å². The lowest BCUT2D eigenvalue weighted by Crippen LogP contribution is -2.43. The van der Waals surface area contributed by atoms with Crippen molar-refractivity contribution in [2.75, 3.05) is 31.6 Å². The van der Waals surface area contributed by atoms with Crippen molar-refractivity contribution < 1.29 is 14.6 Å². The minimum absolute atomic E-state index is 0.0496. The predicted molar refractivity (Wildman–Crippen MR) is 64.5 cm³/mol. The van der Waals surface area contributed by atoms with E-state index >= 15 is 0 Å². The third-order valence-corrected chi connectivity index (χ3v) is 2.82. The summed E-state index contributed by atoms with van der Waals surface area (Å²) in [6, 6.07) is 4.39. The number of carbonyl (C=O) groups excluding carboxylic acids is 1. The summed E-state index contributed by atoms with van der Waals surface area (Å²) in [7, 11) is 0. The highest BCUT2D eigenvalue weighted by Crippen LogP contribution is 2.26. The second-order valence-corrected chi connectivity index (χ2v) is 4.10. The van der Waals surface area contributed by atoms with E-state index in [1.54, 1.807) is 11.0 Å². The number of nitrogens with one attached hydrogen (secondary N) is 1. The number of nitrogens with zero attached hydrogens (tertiary/aromatic N) is 1. The van der Waals surface area contributed by atoms with Crippen LogP contribution in [0.15, 0.2) is 18.2 Å². The average molecular weight is 257 g/mol. The molecule has 1 saturated heterocycles. The molecule has 0 unspecified atom stereocenters. The van der Waals surface area contributed by atoms with E-state index in [1.165, 1.54) is 12.1 Å². The zero-order chi connectivity index (χ0) is 12.3. The fraction of sp³-hybridized carbons (Fsp3) is 0.364. The zero-order valence-corrected chi connectivity index (χ0v) is 9.91. The summed E-state index contributed by atoms with van der Waals surface area (Å²) < 4.78 is 5.16. The van der Waals surface area contributed by atoms with E-state index in [9.17, 15) is 9.90 Å². The van der Waals surface area contributed by atoms with Crippen LogP contribution in [0.25, 0.3) is 0 Å². The molecule has 1 heterocycles. The van der Waals surface area contributed by atoms with Crippen LogP contribution in [0.1, 0.15) is 0 Å². The first-order chi connectivity index (χ1) is 8.16. The first-order valence-corrected chi connectivity index (χ1v) is 5.67. The maximum absolute atomic E-state index is 11.8. The van der Waals surface area contributed by atoms with Crippen LogP contribution in [0.4, 0.5) is 10.5 Å². The normalized spacial score (nSPS) is 15.7. The Morgan fingerprint density at radius 1 is 1.41 bits per heavy atom. The lowest BCUT2D eigenvalue weighted by molar-refractivity contribution is 0.0564. The van der Waals surface area contributed by atoms with Gasteiger partial charge in [-0.05, 0) is 12.1 Å². The lowest BCUT2D eigenvalue weighted by atomic mass is 10.3. The molecule has 0 radical (unpaired) electrons. The van der Waals surface area contributed by atoms with Crippen LogP contribution < -0.4 is 5.32 Å². The van der Waals surface area contributed by atoms with E-state index in [-0.39, 0.29) is 16.8 Å². The molecule has 0 spiro atoms. The van der Waals surface area contributed by atoms with Gasteiger partial charge in [-0.3, -0.25) is 0 Å². The number of benzene rings is 1. The maximum Gasteiger partial charge on any atom is 0.322 e. The minimum atomic E-state index is -0.199. The summed E-state index contributed by atoms with van der Waals surface area (Å²) >= 11 is 5.68. The van der Waals surface area contributed by atoms with Crippen LogP contribution in [0.3, 0.4) is 0 Å². The third kappa shape index (κ3) is 3.01. The molecule has 1 aromatic carbocycles. The number of hydrogen-bond donors (Lipinski definition) is 2. The number of phenols is 1. The van der Waals surface area contributed by atoms with Crippen molar-refractivity contribution in [3.8, 4) is 5.75 Å². The third-order valence-electron chi connectivity index (χ3n) is 2.50. The monoisotopic (exact) mass is 256 g/mol. The number of carbonyl (C=O) groups is 1. The van der Waals surface area contributed by atoms with Gasteiger partial charge in [0.2, 0.25) is 0 Å². The van der Waals surface area contributed by atoms with Gasteiger partial charge in [0.15, 0.2) is 0 Å². The number of phenolic OH excluding ortho intramolecular Hbond substituents is 1. The standard InChI is InChI=1S/C11H13ClN2O3/c12-9-2-1-8(7-10(9)15)13-11(16)14-3-5-17-6-4-14/h1-2,7,15H,3-6H2,(H,13,16). The van der Waals surface area contributed by atoms with E-state index in [2.05, 4.69) is 5.32 Å². The lowest BCUT2D eigenvalue weighted by Gasteiger charge is -2.26. The molecule has 92 valence electrons. The van der Waals surface area contributed by atoms with Gasteiger partial charge < -0.3 is 20.1 Å². The molecule has 1 aliphatic heterocycles. The van der Waals surface area contributed by atoms with Gasteiger partial charge in [-0.25, -0.2) is 4.79 Å². The molecule has 17 heavy (non-hydrogen) atoms. The van der Waals surface area contributed by atoms with Crippen molar-refractivity contribution >= 4 is 23.3 Å². The molecule has 0 aliphatic carbocycles. The van der Waals surface area contributed by atoms with Gasteiger partial charge in [-0.15, -0.1) is 0 Å². The Kier molecular flexibility index (Phi) is 3.71. The fourth-order valence-electron chi connectivity index (χ4n) is 1.56. The Morgan fingerprint density at radius 3 is 2.76 bits per heavy atom. The number of morpholine rings is 1. The van der Waals surface area contributed by atoms with Crippen LogP contribution in [0.5, 0.6) is 5.75 Å². The highest BCUT2D eigenvalue weighted by Gasteiger charge is 2.16. The number of ether oxygens (including phenoxy) is 1. The number of hydrogen-bond acceptors (Lipinski definition) is 3. The van der Waals surface area contributed by atoms with Crippen molar-refractivity contribution in [3.05, 3.63) is 23.2 Å². The van der Waals surface area contributed by atoms with Crippen LogP contribution in [-0.2, 0) is 4.74 Å². The summed E-state index contributed by atoms with van der Waals surface area (Å²) in [5, 5.41) is 12.4. The average Bonchev–Trinajstić information content (AvgIpc) is 2.35. The van der Waals surface area contributed by atoms with Crippen molar-refractivity contribution in [1.29, 1.82) is 0 Å². The van der Waals surface area contributed by atoms with Gasteiger partial charge in [-0.1, -0.05) is 11.6 Å². The molecule has 5 nitrogen and oxygen atoms in total. The van der Waals surface area contributed by atoms with Gasteiger partial charge >= 0.3 is 6.03 Å². The number of aromatic hydroxyl groups is 1. The topological polar surface area (TPSA) is 61.8 Å². The van der Waals surface area contributed by atoms with Gasteiger partial charge in [-0.2, -0.15) is 0 Å².